The molecule has 34 heavy (non-hydrogen) atoms. The van der Waals surface area contributed by atoms with Gasteiger partial charge in [-0.2, -0.15) is 0 Å². The van der Waals surface area contributed by atoms with E-state index in [2.05, 4.69) is 10.6 Å². The Bertz CT molecular complexity index is 1240. The fraction of sp³-hybridized carbons (Fsp3) is 0.208. The van der Waals surface area contributed by atoms with Gasteiger partial charge < -0.3 is 30.2 Å². The number of benzene rings is 2. The molecule has 0 spiro atoms. The van der Waals surface area contributed by atoms with Gasteiger partial charge in [0.25, 0.3) is 5.56 Å². The van der Waals surface area contributed by atoms with Gasteiger partial charge in [-0.25, -0.2) is 4.79 Å². The molecule has 0 aliphatic rings. The maximum Gasteiger partial charge on any atom is 0.319 e. The minimum absolute atomic E-state index is 0.126. The summed E-state index contributed by atoms with van der Waals surface area (Å²) in [7, 11) is 0. The van der Waals surface area contributed by atoms with Crippen LogP contribution in [-0.2, 0) is 11.3 Å². The molecule has 0 saturated carbocycles. The number of carbonyl (C=O) groups excluding carboxylic acids is 1. The molecule has 0 bridgehead atoms. The Morgan fingerprint density at radius 1 is 1.15 bits per heavy atom. The number of hydrogen-bond acceptors (Lipinski definition) is 5. The number of anilines is 1. The number of aliphatic carboxylic acids is 1. The average molecular weight is 486 g/mol. The zero-order chi connectivity index (χ0) is 24.7. The maximum atomic E-state index is 12.9. The van der Waals surface area contributed by atoms with E-state index in [-0.39, 0.29) is 12.2 Å². The summed E-state index contributed by atoms with van der Waals surface area (Å²) in [6.07, 6.45) is 0.983. The zero-order valence-electron chi connectivity index (χ0n) is 18.3. The molecular weight excluding hydrogens is 462 g/mol. The first-order valence-electron chi connectivity index (χ1n) is 10.5. The number of nitrogens with zero attached hydrogens (tertiary/aromatic N) is 1. The highest BCUT2D eigenvalue weighted by Gasteiger charge is 2.21. The number of pyridine rings is 1. The second kappa shape index (κ2) is 11.2. The summed E-state index contributed by atoms with van der Waals surface area (Å²) in [5.74, 6) is -1.03. The lowest BCUT2D eigenvalue weighted by atomic mass is 10.0. The summed E-state index contributed by atoms with van der Waals surface area (Å²) in [6.45, 7) is 2.37. The summed E-state index contributed by atoms with van der Waals surface area (Å²) in [4.78, 5) is 37.0. The lowest BCUT2D eigenvalue weighted by Gasteiger charge is -2.19. The van der Waals surface area contributed by atoms with Gasteiger partial charge in [0.2, 0.25) is 0 Å². The molecule has 9 nitrogen and oxygen atoms in total. The Balaban J connectivity index is 1.82. The molecule has 1 heterocycles. The van der Waals surface area contributed by atoms with Crippen LogP contribution in [0.2, 0.25) is 5.02 Å². The van der Waals surface area contributed by atoms with E-state index in [1.807, 2.05) is 6.92 Å². The maximum absolute atomic E-state index is 12.9. The second-order valence-corrected chi connectivity index (χ2v) is 7.76. The van der Waals surface area contributed by atoms with E-state index in [0.717, 1.165) is 0 Å². The van der Waals surface area contributed by atoms with E-state index in [4.69, 9.17) is 16.3 Å². The van der Waals surface area contributed by atoms with Crippen LogP contribution in [0.5, 0.6) is 11.5 Å². The number of hydrogen-bond donors (Lipinski definition) is 4. The van der Waals surface area contributed by atoms with E-state index in [9.17, 15) is 24.6 Å². The van der Waals surface area contributed by atoms with E-state index in [0.29, 0.717) is 28.5 Å². The predicted molar refractivity (Wildman–Crippen MR) is 128 cm³/mol. The smallest absolute Gasteiger partial charge is 0.319 e. The van der Waals surface area contributed by atoms with Crippen LogP contribution in [0.3, 0.4) is 0 Å². The number of rotatable bonds is 9. The molecule has 0 fully saturated rings. The van der Waals surface area contributed by atoms with Gasteiger partial charge in [-0.05, 0) is 42.3 Å². The number of urea groups is 1. The summed E-state index contributed by atoms with van der Waals surface area (Å²) < 4.78 is 6.73. The van der Waals surface area contributed by atoms with Crippen LogP contribution in [0, 0.1) is 0 Å². The third-order valence-corrected chi connectivity index (χ3v) is 5.30. The number of carboxylic acid groups (broad SMARTS) is 1. The van der Waals surface area contributed by atoms with Crippen molar-refractivity contribution < 1.29 is 24.5 Å². The first-order valence-corrected chi connectivity index (χ1v) is 10.8. The van der Waals surface area contributed by atoms with Crippen molar-refractivity contribution in [2.75, 3.05) is 11.9 Å². The third kappa shape index (κ3) is 6.29. The molecule has 0 unspecified atom stereocenters. The lowest BCUT2D eigenvalue weighted by molar-refractivity contribution is -0.137. The Morgan fingerprint density at radius 3 is 2.62 bits per heavy atom. The third-order valence-electron chi connectivity index (χ3n) is 4.94. The molecule has 10 heteroatoms. The Kier molecular flexibility index (Phi) is 8.15. The first kappa shape index (κ1) is 24.7. The van der Waals surface area contributed by atoms with Crippen LogP contribution >= 0.6 is 11.6 Å². The van der Waals surface area contributed by atoms with Crippen LogP contribution in [-0.4, -0.2) is 33.4 Å². The fourth-order valence-electron chi connectivity index (χ4n) is 3.34. The van der Waals surface area contributed by atoms with E-state index in [1.54, 1.807) is 48.5 Å². The number of ether oxygens (including phenoxy) is 1. The zero-order valence-corrected chi connectivity index (χ0v) is 19.1. The molecular formula is C24H24ClN3O6. The second-order valence-electron chi connectivity index (χ2n) is 7.35. The van der Waals surface area contributed by atoms with Crippen molar-refractivity contribution in [2.45, 2.75) is 25.9 Å². The molecule has 2 amide bonds. The van der Waals surface area contributed by atoms with Crippen LogP contribution in [0.1, 0.15) is 30.5 Å². The minimum atomic E-state index is -1.13. The summed E-state index contributed by atoms with van der Waals surface area (Å²) in [6, 6.07) is 13.2. The molecule has 0 radical (unpaired) electrons. The molecule has 2 aromatic carbocycles. The molecule has 3 aromatic rings. The van der Waals surface area contributed by atoms with Gasteiger partial charge in [0.1, 0.15) is 11.5 Å². The average Bonchev–Trinajstić information content (AvgIpc) is 2.79. The molecule has 178 valence electrons. The SMILES string of the molecule is CCOc1cccc([C@H](CC(=O)O)NC(=O)Nc2c(O)ccn(Cc3ccccc3Cl)c2=O)c1. The highest BCUT2D eigenvalue weighted by atomic mass is 35.5. The fourth-order valence-corrected chi connectivity index (χ4v) is 3.53. The van der Waals surface area contributed by atoms with Crippen LogP contribution in [0.25, 0.3) is 0 Å². The topological polar surface area (TPSA) is 130 Å². The molecule has 0 aliphatic carbocycles. The summed E-state index contributed by atoms with van der Waals surface area (Å²) >= 11 is 6.17. The summed E-state index contributed by atoms with van der Waals surface area (Å²) in [5, 5.41) is 24.8. The molecule has 0 saturated heterocycles. The molecule has 3 rings (SSSR count). The monoisotopic (exact) mass is 485 g/mol. The quantitative estimate of drug-likeness (QED) is 0.362. The largest absolute Gasteiger partial charge is 0.505 e. The Labute approximate surface area is 200 Å². The molecule has 4 N–H and O–H groups in total. The number of carboxylic acids is 1. The van der Waals surface area contributed by atoms with E-state index < -0.39 is 35.8 Å². The Hall–Kier alpha value is -3.98. The first-order chi connectivity index (χ1) is 16.3. The molecule has 0 aliphatic heterocycles. The van der Waals surface area contributed by atoms with Crippen molar-refractivity contribution in [3.8, 4) is 11.5 Å². The van der Waals surface area contributed by atoms with Crippen LogP contribution < -0.4 is 20.9 Å². The van der Waals surface area contributed by atoms with Crippen molar-refractivity contribution in [2.24, 2.45) is 0 Å². The standard InChI is InChI=1S/C24H24ClN3O6/c1-2-34-17-8-5-7-15(12-17)19(13-21(30)31)26-24(33)27-22-20(29)10-11-28(23(22)32)14-16-6-3-4-9-18(16)25/h3-12,19,29H,2,13-14H2,1H3,(H,30,31)(H2,26,27,33)/t19-/m0/s1. The van der Waals surface area contributed by atoms with Gasteiger partial charge in [-0.15, -0.1) is 0 Å². The van der Waals surface area contributed by atoms with Crippen molar-refractivity contribution in [3.05, 3.63) is 87.3 Å². The number of halogens is 1. The predicted octanol–water partition coefficient (Wildman–Crippen LogP) is 3.99. The van der Waals surface area contributed by atoms with Crippen LogP contribution in [0.15, 0.2) is 65.6 Å². The minimum Gasteiger partial charge on any atom is -0.505 e. The number of amides is 2. The number of aromatic hydroxyl groups is 1. The number of aromatic nitrogens is 1. The Morgan fingerprint density at radius 2 is 1.91 bits per heavy atom. The molecule has 1 atom stereocenters. The summed E-state index contributed by atoms with van der Waals surface area (Å²) in [5.41, 5.74) is 0.201. The molecule has 1 aromatic heterocycles. The van der Waals surface area contributed by atoms with Gasteiger partial charge in [0.15, 0.2) is 5.69 Å². The van der Waals surface area contributed by atoms with Gasteiger partial charge >= 0.3 is 12.0 Å². The van der Waals surface area contributed by atoms with Crippen molar-refractivity contribution in [3.63, 3.8) is 0 Å². The van der Waals surface area contributed by atoms with E-state index >= 15 is 0 Å². The lowest BCUT2D eigenvalue weighted by Crippen LogP contribution is -2.36. The highest BCUT2D eigenvalue weighted by Crippen LogP contribution is 2.23. The van der Waals surface area contributed by atoms with Gasteiger partial charge in [-0.1, -0.05) is 41.9 Å². The van der Waals surface area contributed by atoms with Gasteiger partial charge in [0.05, 0.1) is 25.6 Å². The van der Waals surface area contributed by atoms with Gasteiger partial charge in [0, 0.05) is 11.2 Å². The van der Waals surface area contributed by atoms with Crippen molar-refractivity contribution in [1.29, 1.82) is 0 Å². The normalized spacial score (nSPS) is 11.5. The number of nitrogens with one attached hydrogen (secondary N) is 2. The highest BCUT2D eigenvalue weighted by molar-refractivity contribution is 6.31. The van der Waals surface area contributed by atoms with Crippen molar-refractivity contribution >= 4 is 29.3 Å². The van der Waals surface area contributed by atoms with E-state index in [1.165, 1.54) is 16.8 Å². The van der Waals surface area contributed by atoms with Crippen LogP contribution in [0.4, 0.5) is 10.5 Å². The van der Waals surface area contributed by atoms with Gasteiger partial charge in [-0.3, -0.25) is 9.59 Å². The van der Waals surface area contributed by atoms with Crippen molar-refractivity contribution in [1.82, 2.24) is 9.88 Å². The number of carbonyl (C=O) groups is 2.